The number of ether oxygens (including phenoxy) is 1. The molecule has 1 heterocycles. The average Bonchev–Trinajstić information content (AvgIpc) is 2.76. The second-order valence-corrected chi connectivity index (χ2v) is 5.97. The molecule has 1 aromatic carbocycles. The van der Waals surface area contributed by atoms with Gasteiger partial charge < -0.3 is 10.1 Å². The van der Waals surface area contributed by atoms with Crippen molar-refractivity contribution >= 4 is 27.3 Å². The van der Waals surface area contributed by atoms with E-state index in [0.29, 0.717) is 0 Å². The third kappa shape index (κ3) is 3.34. The van der Waals surface area contributed by atoms with Crippen molar-refractivity contribution in [3.63, 3.8) is 0 Å². The van der Waals surface area contributed by atoms with Crippen LogP contribution in [0.1, 0.15) is 16.0 Å². The molecule has 0 saturated carbocycles. The lowest BCUT2D eigenvalue weighted by Crippen LogP contribution is -2.13. The van der Waals surface area contributed by atoms with Gasteiger partial charge in [-0.3, -0.25) is 0 Å². The lowest BCUT2D eigenvalue weighted by molar-refractivity contribution is 0.407. The summed E-state index contributed by atoms with van der Waals surface area (Å²) in [6.07, 6.45) is 0. The third-order valence-electron chi connectivity index (χ3n) is 2.73. The summed E-state index contributed by atoms with van der Waals surface area (Å²) >= 11 is 5.30. The number of rotatable bonds is 5. The maximum atomic E-state index is 5.37. The Morgan fingerprint density at radius 1 is 1.28 bits per heavy atom. The molecule has 0 saturated heterocycles. The number of hydrogen-bond donors (Lipinski definition) is 1. The van der Waals surface area contributed by atoms with Crippen LogP contribution in [0.4, 0.5) is 0 Å². The number of thiophene rings is 1. The fraction of sp³-hybridized carbons (Fsp3) is 0.286. The molecular weight excluding hydrogens is 310 g/mol. The Hall–Kier alpha value is -0.840. The van der Waals surface area contributed by atoms with Gasteiger partial charge in [0.1, 0.15) is 5.75 Å². The monoisotopic (exact) mass is 325 g/mol. The summed E-state index contributed by atoms with van der Waals surface area (Å²) in [4.78, 5) is 1.32. The van der Waals surface area contributed by atoms with E-state index >= 15 is 0 Å². The van der Waals surface area contributed by atoms with Crippen LogP contribution in [0.25, 0.3) is 0 Å². The molecule has 0 radical (unpaired) electrons. The van der Waals surface area contributed by atoms with Crippen molar-refractivity contribution in [2.24, 2.45) is 0 Å². The van der Waals surface area contributed by atoms with Crippen molar-refractivity contribution in [3.8, 4) is 5.75 Å². The number of hydrogen-bond acceptors (Lipinski definition) is 3. The lowest BCUT2D eigenvalue weighted by atomic mass is 10.1. The number of aryl methyl sites for hydroxylation is 1. The van der Waals surface area contributed by atoms with Gasteiger partial charge in [-0.1, -0.05) is 17.7 Å². The molecule has 0 amide bonds. The number of benzene rings is 1. The Morgan fingerprint density at radius 2 is 2.11 bits per heavy atom. The summed E-state index contributed by atoms with van der Waals surface area (Å²) < 4.78 is 6.54. The Kier molecular flexibility index (Phi) is 4.80. The second-order valence-electron chi connectivity index (χ2n) is 4.11. The summed E-state index contributed by atoms with van der Waals surface area (Å²) in [5.74, 6) is 0.943. The second kappa shape index (κ2) is 6.36. The molecule has 0 atom stereocenters. The van der Waals surface area contributed by atoms with E-state index in [9.17, 15) is 0 Å². The van der Waals surface area contributed by atoms with Crippen molar-refractivity contribution in [3.05, 3.63) is 50.1 Å². The van der Waals surface area contributed by atoms with E-state index in [4.69, 9.17) is 4.74 Å². The van der Waals surface area contributed by atoms with E-state index in [-0.39, 0.29) is 0 Å². The van der Waals surface area contributed by atoms with Crippen molar-refractivity contribution in [1.82, 2.24) is 5.32 Å². The topological polar surface area (TPSA) is 21.3 Å². The van der Waals surface area contributed by atoms with E-state index in [2.05, 4.69) is 51.7 Å². The zero-order valence-corrected chi connectivity index (χ0v) is 12.9. The Labute approximate surface area is 120 Å². The molecule has 0 aliphatic heterocycles. The van der Waals surface area contributed by atoms with Gasteiger partial charge in [-0.25, -0.2) is 0 Å². The van der Waals surface area contributed by atoms with Gasteiger partial charge >= 0.3 is 0 Å². The van der Waals surface area contributed by atoms with Crippen molar-refractivity contribution in [2.45, 2.75) is 20.0 Å². The summed E-state index contributed by atoms with van der Waals surface area (Å²) in [5.41, 5.74) is 2.45. The highest BCUT2D eigenvalue weighted by molar-refractivity contribution is 9.10. The van der Waals surface area contributed by atoms with E-state index in [0.717, 1.165) is 18.8 Å². The maximum Gasteiger partial charge on any atom is 0.123 e. The highest BCUT2D eigenvalue weighted by Gasteiger charge is 2.04. The van der Waals surface area contributed by atoms with Gasteiger partial charge in [-0.05, 0) is 40.4 Å². The molecule has 96 valence electrons. The summed E-state index contributed by atoms with van der Waals surface area (Å²) in [7, 11) is 1.71. The molecule has 0 bridgehead atoms. The molecule has 1 N–H and O–H groups in total. The highest BCUT2D eigenvalue weighted by atomic mass is 79.9. The number of halogens is 1. The lowest BCUT2D eigenvalue weighted by Gasteiger charge is -2.10. The van der Waals surface area contributed by atoms with Crippen LogP contribution in [-0.4, -0.2) is 7.11 Å². The Morgan fingerprint density at radius 3 is 2.78 bits per heavy atom. The van der Waals surface area contributed by atoms with Crippen LogP contribution < -0.4 is 10.1 Å². The molecule has 0 spiro atoms. The first-order valence-corrected chi connectivity index (χ1v) is 7.44. The first kappa shape index (κ1) is 13.6. The van der Waals surface area contributed by atoms with Crippen LogP contribution in [0.5, 0.6) is 5.75 Å². The van der Waals surface area contributed by atoms with Gasteiger partial charge in [-0.15, -0.1) is 11.3 Å². The van der Waals surface area contributed by atoms with Gasteiger partial charge in [0.25, 0.3) is 0 Å². The molecule has 0 unspecified atom stereocenters. The average molecular weight is 326 g/mol. The van der Waals surface area contributed by atoms with Crippen LogP contribution in [0, 0.1) is 6.92 Å². The normalized spacial score (nSPS) is 10.6. The van der Waals surface area contributed by atoms with Gasteiger partial charge in [-0.2, -0.15) is 0 Å². The summed E-state index contributed by atoms with van der Waals surface area (Å²) in [5, 5.41) is 5.54. The summed E-state index contributed by atoms with van der Waals surface area (Å²) in [6.45, 7) is 3.78. The van der Waals surface area contributed by atoms with E-state index in [1.54, 1.807) is 18.4 Å². The predicted molar refractivity (Wildman–Crippen MR) is 80.3 cm³/mol. The molecule has 2 aromatic rings. The van der Waals surface area contributed by atoms with Crippen molar-refractivity contribution in [1.29, 1.82) is 0 Å². The van der Waals surface area contributed by atoms with Gasteiger partial charge in [0.2, 0.25) is 0 Å². The SMILES string of the molecule is COc1ccc(C)cc1CNCc1sccc1Br. The van der Waals surface area contributed by atoms with E-state index < -0.39 is 0 Å². The van der Waals surface area contributed by atoms with Crippen LogP contribution in [-0.2, 0) is 13.1 Å². The van der Waals surface area contributed by atoms with E-state index in [1.165, 1.54) is 20.5 Å². The van der Waals surface area contributed by atoms with E-state index in [1.807, 2.05) is 6.07 Å². The minimum atomic E-state index is 0.815. The van der Waals surface area contributed by atoms with Crippen LogP contribution in [0.2, 0.25) is 0 Å². The zero-order valence-electron chi connectivity index (χ0n) is 10.5. The van der Waals surface area contributed by atoms with Crippen molar-refractivity contribution in [2.75, 3.05) is 7.11 Å². The van der Waals surface area contributed by atoms with Gasteiger partial charge in [0.15, 0.2) is 0 Å². The zero-order chi connectivity index (χ0) is 13.0. The Bertz CT molecular complexity index is 524. The van der Waals surface area contributed by atoms with Crippen LogP contribution in [0.15, 0.2) is 34.1 Å². The molecular formula is C14H16BrNOS. The molecule has 1 aromatic heterocycles. The van der Waals surface area contributed by atoms with Crippen LogP contribution in [0.3, 0.4) is 0 Å². The molecule has 2 nitrogen and oxygen atoms in total. The maximum absolute atomic E-state index is 5.37. The highest BCUT2D eigenvalue weighted by Crippen LogP contribution is 2.23. The number of methoxy groups -OCH3 is 1. The fourth-order valence-corrected chi connectivity index (χ4v) is 3.27. The number of nitrogens with one attached hydrogen (secondary N) is 1. The third-order valence-corrected chi connectivity index (χ3v) is 4.65. The smallest absolute Gasteiger partial charge is 0.123 e. The molecule has 0 aliphatic carbocycles. The molecule has 4 heteroatoms. The molecule has 0 fully saturated rings. The van der Waals surface area contributed by atoms with Gasteiger partial charge in [0.05, 0.1) is 7.11 Å². The summed E-state index contributed by atoms with van der Waals surface area (Å²) in [6, 6.07) is 8.33. The minimum absolute atomic E-state index is 0.815. The molecule has 0 aliphatic rings. The van der Waals surface area contributed by atoms with Crippen LogP contribution >= 0.6 is 27.3 Å². The molecule has 2 rings (SSSR count). The fourth-order valence-electron chi connectivity index (χ4n) is 1.81. The largest absolute Gasteiger partial charge is 0.496 e. The first-order chi connectivity index (χ1) is 8.70. The first-order valence-electron chi connectivity index (χ1n) is 5.77. The van der Waals surface area contributed by atoms with Crippen molar-refractivity contribution < 1.29 is 4.74 Å². The Balaban J connectivity index is 1.98. The molecule has 18 heavy (non-hydrogen) atoms. The quantitative estimate of drug-likeness (QED) is 0.892. The van der Waals surface area contributed by atoms with Gasteiger partial charge in [0, 0.05) is 28.0 Å². The predicted octanol–water partition coefficient (Wildman–Crippen LogP) is 4.12. The standard InChI is InChI=1S/C14H16BrNOS/c1-10-3-4-13(17-2)11(7-10)8-16-9-14-12(15)5-6-18-14/h3-7,16H,8-9H2,1-2H3. The minimum Gasteiger partial charge on any atom is -0.496 e.